The van der Waals surface area contributed by atoms with Gasteiger partial charge in [0.25, 0.3) is 11.6 Å². The van der Waals surface area contributed by atoms with Crippen LogP contribution in [0.15, 0.2) is 47.4 Å². The molecule has 148 valence electrons. The Morgan fingerprint density at radius 2 is 1.89 bits per heavy atom. The Labute approximate surface area is 166 Å². The maximum absolute atomic E-state index is 12.3. The van der Waals surface area contributed by atoms with E-state index in [4.69, 9.17) is 9.47 Å². The van der Waals surface area contributed by atoms with E-state index in [-0.39, 0.29) is 11.3 Å². The summed E-state index contributed by atoms with van der Waals surface area (Å²) in [5.74, 6) is -0.659. The number of nitro benzene ring substituents is 1. The minimum Gasteiger partial charge on any atom is -0.494 e. The fraction of sp³-hybridized carbons (Fsp3) is 0.263. The Morgan fingerprint density at radius 3 is 2.46 bits per heavy atom. The molecule has 0 aliphatic carbocycles. The first-order chi connectivity index (χ1) is 13.3. The van der Waals surface area contributed by atoms with Crippen molar-refractivity contribution in [1.82, 2.24) is 0 Å². The van der Waals surface area contributed by atoms with Crippen LogP contribution < -0.4 is 10.1 Å². The minimum atomic E-state index is -1.08. The van der Waals surface area contributed by atoms with Crippen LogP contribution in [0.3, 0.4) is 0 Å². The molecule has 0 aliphatic rings. The number of thioether (sulfide) groups is 1. The number of carbonyl (C=O) groups is 2. The van der Waals surface area contributed by atoms with Crippen LogP contribution in [0, 0.1) is 10.1 Å². The second-order valence-corrected chi connectivity index (χ2v) is 6.49. The molecule has 9 heteroatoms. The average Bonchev–Trinajstić information content (AvgIpc) is 2.68. The van der Waals surface area contributed by atoms with Gasteiger partial charge in [-0.1, -0.05) is 0 Å². The van der Waals surface area contributed by atoms with Crippen LogP contribution in [-0.4, -0.2) is 35.8 Å². The summed E-state index contributed by atoms with van der Waals surface area (Å²) in [5.41, 5.74) is 0.343. The third-order valence-electron chi connectivity index (χ3n) is 3.70. The third-order valence-corrected chi connectivity index (χ3v) is 4.48. The highest BCUT2D eigenvalue weighted by molar-refractivity contribution is 7.98. The van der Waals surface area contributed by atoms with Crippen LogP contribution in [0.2, 0.25) is 0 Å². The first-order valence-electron chi connectivity index (χ1n) is 8.42. The lowest BCUT2D eigenvalue weighted by molar-refractivity contribution is -0.387. The normalized spacial score (nSPS) is 11.4. The molecule has 0 spiro atoms. The number of hydrogen-bond donors (Lipinski definition) is 1. The zero-order valence-electron chi connectivity index (χ0n) is 15.6. The predicted octanol–water partition coefficient (Wildman–Crippen LogP) is 3.90. The lowest BCUT2D eigenvalue weighted by atomic mass is 10.2. The second-order valence-electron chi connectivity index (χ2n) is 5.64. The van der Waals surface area contributed by atoms with Crippen molar-refractivity contribution in [3.63, 3.8) is 0 Å². The lowest BCUT2D eigenvalue weighted by Gasteiger charge is -2.14. The molecule has 0 aliphatic heterocycles. The second kappa shape index (κ2) is 9.75. The van der Waals surface area contributed by atoms with E-state index >= 15 is 0 Å². The van der Waals surface area contributed by atoms with E-state index < -0.39 is 22.9 Å². The molecule has 0 saturated heterocycles. The number of nitro groups is 1. The fourth-order valence-electron chi connectivity index (χ4n) is 2.29. The Balaban J connectivity index is 2.02. The van der Waals surface area contributed by atoms with Gasteiger partial charge < -0.3 is 14.8 Å². The van der Waals surface area contributed by atoms with E-state index in [0.29, 0.717) is 22.9 Å². The number of amides is 1. The summed E-state index contributed by atoms with van der Waals surface area (Å²) in [7, 11) is 0. The summed E-state index contributed by atoms with van der Waals surface area (Å²) < 4.78 is 10.5. The van der Waals surface area contributed by atoms with E-state index in [9.17, 15) is 19.7 Å². The van der Waals surface area contributed by atoms with Crippen LogP contribution in [0.25, 0.3) is 0 Å². The number of rotatable bonds is 8. The molecule has 0 fully saturated rings. The highest BCUT2D eigenvalue weighted by Gasteiger charge is 2.22. The number of hydrogen-bond acceptors (Lipinski definition) is 7. The van der Waals surface area contributed by atoms with Gasteiger partial charge in [-0.25, -0.2) is 4.79 Å². The molecule has 8 nitrogen and oxygen atoms in total. The lowest BCUT2D eigenvalue weighted by Crippen LogP contribution is -2.30. The van der Waals surface area contributed by atoms with Crippen LogP contribution in [0.1, 0.15) is 24.2 Å². The van der Waals surface area contributed by atoms with E-state index in [1.807, 2.05) is 6.92 Å². The van der Waals surface area contributed by atoms with Gasteiger partial charge in [0.2, 0.25) is 0 Å². The van der Waals surface area contributed by atoms with Crippen molar-refractivity contribution in [1.29, 1.82) is 0 Å². The van der Waals surface area contributed by atoms with Crippen molar-refractivity contribution in [2.45, 2.75) is 24.8 Å². The van der Waals surface area contributed by atoms with Crippen LogP contribution in [-0.2, 0) is 9.53 Å². The molecule has 1 N–H and O–H groups in total. The zero-order chi connectivity index (χ0) is 20.7. The van der Waals surface area contributed by atoms with Gasteiger partial charge in [-0.05, 0) is 56.5 Å². The van der Waals surface area contributed by atoms with Crippen molar-refractivity contribution >= 4 is 35.0 Å². The minimum absolute atomic E-state index is 0.00483. The summed E-state index contributed by atoms with van der Waals surface area (Å²) in [6, 6.07) is 10.8. The van der Waals surface area contributed by atoms with E-state index in [1.165, 1.54) is 30.8 Å². The van der Waals surface area contributed by atoms with Gasteiger partial charge in [0.05, 0.1) is 22.0 Å². The van der Waals surface area contributed by atoms with Crippen molar-refractivity contribution < 1.29 is 24.0 Å². The number of benzene rings is 2. The molecular weight excluding hydrogens is 384 g/mol. The Kier molecular flexibility index (Phi) is 7.39. The van der Waals surface area contributed by atoms with Gasteiger partial charge in [-0.3, -0.25) is 14.9 Å². The number of nitrogens with one attached hydrogen (secondary N) is 1. The van der Waals surface area contributed by atoms with Crippen molar-refractivity contribution in [2.24, 2.45) is 0 Å². The van der Waals surface area contributed by atoms with E-state index in [2.05, 4.69) is 5.32 Å². The smallest absolute Gasteiger partial charge is 0.339 e. The summed E-state index contributed by atoms with van der Waals surface area (Å²) in [5, 5.41) is 13.8. The van der Waals surface area contributed by atoms with Gasteiger partial charge >= 0.3 is 5.97 Å². The molecule has 2 aromatic rings. The molecular formula is C19H20N2O6S. The number of anilines is 1. The zero-order valence-corrected chi connectivity index (χ0v) is 16.4. The first kappa shape index (κ1) is 21.2. The number of nitrogens with zero attached hydrogens (tertiary/aromatic N) is 1. The summed E-state index contributed by atoms with van der Waals surface area (Å²) in [6.07, 6.45) is 0.617. The van der Waals surface area contributed by atoms with Crippen molar-refractivity contribution in [3.05, 3.63) is 58.1 Å². The molecule has 0 aromatic heterocycles. The van der Waals surface area contributed by atoms with E-state index in [1.54, 1.807) is 30.5 Å². The molecule has 0 heterocycles. The van der Waals surface area contributed by atoms with Crippen LogP contribution in [0.5, 0.6) is 5.75 Å². The molecule has 2 rings (SSSR count). The number of ether oxygens (including phenoxy) is 2. The van der Waals surface area contributed by atoms with Crippen LogP contribution >= 0.6 is 11.8 Å². The molecule has 0 unspecified atom stereocenters. The summed E-state index contributed by atoms with van der Waals surface area (Å²) >= 11 is 1.20. The number of esters is 1. The first-order valence-corrected chi connectivity index (χ1v) is 9.65. The van der Waals surface area contributed by atoms with Gasteiger partial charge in [-0.15, -0.1) is 11.8 Å². The predicted molar refractivity (Wildman–Crippen MR) is 106 cm³/mol. The summed E-state index contributed by atoms with van der Waals surface area (Å²) in [4.78, 5) is 35.5. The fourth-order valence-corrected chi connectivity index (χ4v) is 2.83. The van der Waals surface area contributed by atoms with Gasteiger partial charge in [-0.2, -0.15) is 0 Å². The Morgan fingerprint density at radius 1 is 1.21 bits per heavy atom. The SMILES string of the molecule is CCOc1ccc(NC(=O)[C@@H](C)OC(=O)c2ccc(SC)c([N+](=O)[O-])c2)cc1. The number of carbonyl (C=O) groups excluding carboxylic acids is 2. The van der Waals surface area contributed by atoms with Crippen LogP contribution in [0.4, 0.5) is 11.4 Å². The molecule has 2 aromatic carbocycles. The molecule has 0 radical (unpaired) electrons. The standard InChI is InChI=1S/C19H20N2O6S/c1-4-26-15-8-6-14(7-9-15)20-18(22)12(2)27-19(23)13-5-10-17(28-3)16(11-13)21(24)25/h5-12H,4H2,1-3H3,(H,20,22)/t12-/m1/s1. The highest BCUT2D eigenvalue weighted by Crippen LogP contribution is 2.28. The molecule has 0 saturated carbocycles. The third kappa shape index (κ3) is 5.46. The van der Waals surface area contributed by atoms with Gasteiger partial charge in [0.1, 0.15) is 5.75 Å². The quantitative estimate of drug-likeness (QED) is 0.308. The molecule has 28 heavy (non-hydrogen) atoms. The topological polar surface area (TPSA) is 108 Å². The van der Waals surface area contributed by atoms with Crippen molar-refractivity contribution in [2.75, 3.05) is 18.2 Å². The van der Waals surface area contributed by atoms with Crippen molar-refractivity contribution in [3.8, 4) is 5.75 Å². The van der Waals surface area contributed by atoms with E-state index in [0.717, 1.165) is 6.07 Å². The average molecular weight is 404 g/mol. The maximum Gasteiger partial charge on any atom is 0.339 e. The molecule has 1 atom stereocenters. The molecule has 0 bridgehead atoms. The van der Waals surface area contributed by atoms with Gasteiger partial charge in [0, 0.05) is 11.8 Å². The Bertz CT molecular complexity index is 869. The maximum atomic E-state index is 12.3. The monoisotopic (exact) mass is 404 g/mol. The van der Waals surface area contributed by atoms with Gasteiger partial charge in [0.15, 0.2) is 6.10 Å². The highest BCUT2D eigenvalue weighted by atomic mass is 32.2. The molecule has 1 amide bonds. The largest absolute Gasteiger partial charge is 0.494 e. The summed E-state index contributed by atoms with van der Waals surface area (Å²) in [6.45, 7) is 3.83. The Hall–Kier alpha value is -3.07.